The van der Waals surface area contributed by atoms with Gasteiger partial charge in [0.05, 0.1) is 5.56 Å². The van der Waals surface area contributed by atoms with Crippen molar-refractivity contribution < 1.29 is 9.21 Å². The van der Waals surface area contributed by atoms with Crippen molar-refractivity contribution in [2.45, 2.75) is 20.3 Å². The summed E-state index contributed by atoms with van der Waals surface area (Å²) in [4.78, 5) is 13.7. The molecule has 1 N–H and O–H groups in total. The summed E-state index contributed by atoms with van der Waals surface area (Å²) >= 11 is 0. The third kappa shape index (κ3) is 3.10. The smallest absolute Gasteiger partial charge is 0.257 e. The lowest BCUT2D eigenvalue weighted by Crippen LogP contribution is -2.29. The zero-order chi connectivity index (χ0) is 12.1. The van der Waals surface area contributed by atoms with Gasteiger partial charge in [-0.25, -0.2) is 0 Å². The molecule has 4 nitrogen and oxygen atoms in total. The third-order valence-electron chi connectivity index (χ3n) is 2.54. The van der Waals surface area contributed by atoms with Crippen molar-refractivity contribution in [1.82, 2.24) is 10.2 Å². The van der Waals surface area contributed by atoms with Crippen LogP contribution in [0, 0.1) is 13.8 Å². The Morgan fingerprint density at radius 1 is 1.50 bits per heavy atom. The Kier molecular flexibility index (Phi) is 4.55. The number of hydrogen-bond donors (Lipinski definition) is 1. The maximum Gasteiger partial charge on any atom is 0.257 e. The number of nitrogens with zero attached hydrogens (tertiary/aromatic N) is 1. The van der Waals surface area contributed by atoms with Crippen molar-refractivity contribution in [2.24, 2.45) is 0 Å². The van der Waals surface area contributed by atoms with Gasteiger partial charge in [0.1, 0.15) is 11.5 Å². The second-order valence-corrected chi connectivity index (χ2v) is 4.01. The molecular weight excluding hydrogens is 204 g/mol. The van der Waals surface area contributed by atoms with Gasteiger partial charge in [-0.3, -0.25) is 4.79 Å². The summed E-state index contributed by atoms with van der Waals surface area (Å²) < 4.78 is 5.35. The molecule has 0 aliphatic heterocycles. The number of hydrogen-bond acceptors (Lipinski definition) is 3. The van der Waals surface area contributed by atoms with Crippen LogP contribution in [0.5, 0.6) is 0 Å². The molecule has 0 aliphatic carbocycles. The largest absolute Gasteiger partial charge is 0.466 e. The van der Waals surface area contributed by atoms with E-state index in [-0.39, 0.29) is 5.91 Å². The van der Waals surface area contributed by atoms with Gasteiger partial charge in [0, 0.05) is 13.6 Å². The molecule has 0 spiro atoms. The number of furan rings is 1. The summed E-state index contributed by atoms with van der Waals surface area (Å²) in [6.45, 7) is 5.34. The van der Waals surface area contributed by atoms with Gasteiger partial charge in [0.15, 0.2) is 0 Å². The van der Waals surface area contributed by atoms with Crippen molar-refractivity contribution in [3.05, 3.63) is 23.2 Å². The van der Waals surface area contributed by atoms with Gasteiger partial charge >= 0.3 is 0 Å². The average Bonchev–Trinajstić information content (AvgIpc) is 2.57. The topological polar surface area (TPSA) is 45.5 Å². The van der Waals surface area contributed by atoms with Gasteiger partial charge in [-0.15, -0.1) is 0 Å². The molecule has 0 atom stereocenters. The maximum atomic E-state index is 12.0. The van der Waals surface area contributed by atoms with Crippen LogP contribution in [0.2, 0.25) is 0 Å². The van der Waals surface area contributed by atoms with Gasteiger partial charge in [-0.1, -0.05) is 0 Å². The number of rotatable bonds is 5. The molecule has 0 radical (unpaired) electrons. The fraction of sp³-hybridized carbons (Fsp3) is 0.583. The molecule has 1 aromatic heterocycles. The zero-order valence-corrected chi connectivity index (χ0v) is 10.5. The molecule has 4 heteroatoms. The Labute approximate surface area is 96.6 Å². The predicted molar refractivity (Wildman–Crippen MR) is 63.7 cm³/mol. The lowest BCUT2D eigenvalue weighted by molar-refractivity contribution is 0.0792. The molecule has 1 amide bonds. The van der Waals surface area contributed by atoms with Gasteiger partial charge in [0.2, 0.25) is 0 Å². The first-order valence-corrected chi connectivity index (χ1v) is 5.53. The van der Waals surface area contributed by atoms with Crippen molar-refractivity contribution in [2.75, 3.05) is 27.2 Å². The molecule has 0 aromatic carbocycles. The SMILES string of the molecule is CNCCCN(C)C(=O)c1cc(C)oc1C. The van der Waals surface area contributed by atoms with Gasteiger partial charge in [-0.2, -0.15) is 0 Å². The van der Waals surface area contributed by atoms with Crippen molar-refractivity contribution >= 4 is 5.91 Å². The number of aryl methyl sites for hydroxylation is 2. The Morgan fingerprint density at radius 2 is 2.19 bits per heavy atom. The molecule has 0 saturated carbocycles. The summed E-state index contributed by atoms with van der Waals surface area (Å²) in [5.41, 5.74) is 0.671. The monoisotopic (exact) mass is 224 g/mol. The van der Waals surface area contributed by atoms with Crippen LogP contribution in [-0.4, -0.2) is 38.0 Å². The highest BCUT2D eigenvalue weighted by molar-refractivity contribution is 5.95. The van der Waals surface area contributed by atoms with Crippen LogP contribution < -0.4 is 5.32 Å². The Hall–Kier alpha value is -1.29. The summed E-state index contributed by atoms with van der Waals surface area (Å²) in [5.74, 6) is 1.51. The van der Waals surface area contributed by atoms with Gasteiger partial charge in [0.25, 0.3) is 5.91 Å². The van der Waals surface area contributed by atoms with E-state index in [4.69, 9.17) is 4.42 Å². The normalized spacial score (nSPS) is 10.5. The van der Waals surface area contributed by atoms with Crippen molar-refractivity contribution in [1.29, 1.82) is 0 Å². The molecule has 16 heavy (non-hydrogen) atoms. The van der Waals surface area contributed by atoms with E-state index in [1.807, 2.05) is 27.9 Å². The first-order chi connectivity index (χ1) is 7.56. The van der Waals surface area contributed by atoms with Crippen LogP contribution in [0.15, 0.2) is 10.5 Å². The minimum absolute atomic E-state index is 0.0328. The fourth-order valence-corrected chi connectivity index (χ4v) is 1.64. The van der Waals surface area contributed by atoms with Crippen molar-refractivity contribution in [3.8, 4) is 0 Å². The predicted octanol–water partition coefficient (Wildman–Crippen LogP) is 1.58. The Bertz CT molecular complexity index is 358. The highest BCUT2D eigenvalue weighted by Gasteiger charge is 2.16. The number of nitrogens with one attached hydrogen (secondary N) is 1. The van der Waals surface area contributed by atoms with Gasteiger partial charge < -0.3 is 14.6 Å². The van der Waals surface area contributed by atoms with Crippen LogP contribution in [0.4, 0.5) is 0 Å². The first-order valence-electron chi connectivity index (χ1n) is 5.53. The number of carbonyl (C=O) groups is 1. The Balaban J connectivity index is 2.60. The van der Waals surface area contributed by atoms with E-state index in [1.165, 1.54) is 0 Å². The highest BCUT2D eigenvalue weighted by atomic mass is 16.3. The second-order valence-electron chi connectivity index (χ2n) is 4.01. The van der Waals surface area contributed by atoms with E-state index in [1.54, 1.807) is 11.0 Å². The molecule has 1 heterocycles. The molecule has 1 aromatic rings. The highest BCUT2D eigenvalue weighted by Crippen LogP contribution is 2.15. The van der Waals surface area contributed by atoms with E-state index in [2.05, 4.69) is 5.32 Å². The summed E-state index contributed by atoms with van der Waals surface area (Å²) in [5, 5.41) is 3.06. The standard InChI is InChI=1S/C12H20N2O2/c1-9-8-11(10(2)16-9)12(15)14(4)7-5-6-13-3/h8,13H,5-7H2,1-4H3. The first kappa shape index (κ1) is 12.8. The maximum absolute atomic E-state index is 12.0. The molecule has 0 saturated heterocycles. The third-order valence-corrected chi connectivity index (χ3v) is 2.54. The second kappa shape index (κ2) is 5.70. The molecular formula is C12H20N2O2. The van der Waals surface area contributed by atoms with E-state index in [0.717, 1.165) is 25.3 Å². The lowest BCUT2D eigenvalue weighted by Gasteiger charge is -2.16. The fourth-order valence-electron chi connectivity index (χ4n) is 1.64. The number of amides is 1. The Morgan fingerprint density at radius 3 is 2.69 bits per heavy atom. The van der Waals surface area contributed by atoms with Crippen LogP contribution in [-0.2, 0) is 0 Å². The molecule has 1 rings (SSSR count). The number of carbonyl (C=O) groups excluding carboxylic acids is 1. The summed E-state index contributed by atoms with van der Waals surface area (Å²) in [6.07, 6.45) is 0.953. The average molecular weight is 224 g/mol. The van der Waals surface area contributed by atoms with Crippen molar-refractivity contribution in [3.63, 3.8) is 0 Å². The zero-order valence-electron chi connectivity index (χ0n) is 10.5. The summed E-state index contributed by atoms with van der Waals surface area (Å²) in [6, 6.07) is 1.80. The van der Waals surface area contributed by atoms with Crippen LogP contribution >= 0.6 is 0 Å². The molecule has 0 unspecified atom stereocenters. The van der Waals surface area contributed by atoms with Crippen LogP contribution in [0.25, 0.3) is 0 Å². The van der Waals surface area contributed by atoms with E-state index < -0.39 is 0 Å². The van der Waals surface area contributed by atoms with E-state index >= 15 is 0 Å². The van der Waals surface area contributed by atoms with E-state index in [0.29, 0.717) is 11.3 Å². The molecule has 0 fully saturated rings. The molecule has 90 valence electrons. The lowest BCUT2D eigenvalue weighted by atomic mass is 10.2. The minimum Gasteiger partial charge on any atom is -0.466 e. The van der Waals surface area contributed by atoms with Crippen LogP contribution in [0.3, 0.4) is 0 Å². The molecule has 0 bridgehead atoms. The van der Waals surface area contributed by atoms with Gasteiger partial charge in [-0.05, 0) is 39.9 Å². The molecule has 0 aliphatic rings. The quantitative estimate of drug-likeness (QED) is 0.772. The summed E-state index contributed by atoms with van der Waals surface area (Å²) in [7, 11) is 3.73. The minimum atomic E-state index is 0.0328. The van der Waals surface area contributed by atoms with Crippen LogP contribution in [0.1, 0.15) is 28.3 Å². The van der Waals surface area contributed by atoms with E-state index in [9.17, 15) is 4.79 Å².